The molecule has 0 radical (unpaired) electrons. The number of anilines is 1. The molecule has 0 bridgehead atoms. The molecule has 0 atom stereocenters. The number of nitrogens with zero attached hydrogens (tertiary/aromatic N) is 1. The molecule has 5 nitrogen and oxygen atoms in total. The number of carbonyl (C=O) groups excluding carboxylic acids is 1. The average Bonchev–Trinajstić information content (AvgIpc) is 2.95. The normalized spacial score (nSPS) is 10.7. The summed E-state index contributed by atoms with van der Waals surface area (Å²) in [4.78, 5) is 15.8. The Bertz CT molecular complexity index is 649. The zero-order valence-electron chi connectivity index (χ0n) is 11.8. The van der Waals surface area contributed by atoms with Crippen LogP contribution in [-0.2, 0) is 14.3 Å². The Labute approximate surface area is 129 Å². The molecule has 1 aromatic carbocycles. The summed E-state index contributed by atoms with van der Waals surface area (Å²) < 4.78 is 35.9. The molecule has 0 fully saturated rings. The number of halogens is 2. The van der Waals surface area contributed by atoms with Gasteiger partial charge in [-0.2, -0.15) is 0 Å². The standard InChI is InChI=1S/C14H14F2N2O3S/c1-20-4-5-21-7-13(19)18-14-17-12(8-22-14)9-2-3-10(15)11(16)6-9/h2-3,6,8H,4-5,7H2,1H3,(H,17,18,19). The lowest BCUT2D eigenvalue weighted by molar-refractivity contribution is -0.121. The maximum absolute atomic E-state index is 13.2. The monoisotopic (exact) mass is 328 g/mol. The highest BCUT2D eigenvalue weighted by Crippen LogP contribution is 2.26. The third-order valence-electron chi connectivity index (χ3n) is 2.63. The summed E-state index contributed by atoms with van der Waals surface area (Å²) in [6.07, 6.45) is 0. The first-order chi connectivity index (χ1) is 10.6. The van der Waals surface area contributed by atoms with E-state index in [-0.39, 0.29) is 12.5 Å². The van der Waals surface area contributed by atoms with E-state index in [1.54, 1.807) is 12.5 Å². The van der Waals surface area contributed by atoms with Crippen LogP contribution in [0.4, 0.5) is 13.9 Å². The van der Waals surface area contributed by atoms with Gasteiger partial charge in [0.1, 0.15) is 6.61 Å². The number of aromatic nitrogens is 1. The molecule has 8 heteroatoms. The quantitative estimate of drug-likeness (QED) is 0.794. The van der Waals surface area contributed by atoms with Gasteiger partial charge in [-0.1, -0.05) is 0 Å². The van der Waals surface area contributed by atoms with Crippen LogP contribution in [0.2, 0.25) is 0 Å². The van der Waals surface area contributed by atoms with Gasteiger partial charge in [-0.25, -0.2) is 13.8 Å². The first-order valence-corrected chi connectivity index (χ1v) is 7.25. The van der Waals surface area contributed by atoms with Crippen molar-refractivity contribution in [3.63, 3.8) is 0 Å². The molecule has 0 saturated heterocycles. The fourth-order valence-electron chi connectivity index (χ4n) is 1.58. The SMILES string of the molecule is COCCOCC(=O)Nc1nc(-c2ccc(F)c(F)c2)cs1. The molecule has 2 aromatic rings. The topological polar surface area (TPSA) is 60.5 Å². The molecular weight excluding hydrogens is 314 g/mol. The van der Waals surface area contributed by atoms with Crippen LogP contribution in [0.1, 0.15) is 0 Å². The Morgan fingerprint density at radius 3 is 2.86 bits per heavy atom. The lowest BCUT2D eigenvalue weighted by Gasteiger charge is -2.03. The van der Waals surface area contributed by atoms with Crippen molar-refractivity contribution in [3.05, 3.63) is 35.2 Å². The summed E-state index contributed by atoms with van der Waals surface area (Å²) >= 11 is 1.19. The number of benzene rings is 1. The van der Waals surface area contributed by atoms with E-state index in [1.165, 1.54) is 17.4 Å². The van der Waals surface area contributed by atoms with Crippen molar-refractivity contribution in [2.75, 3.05) is 32.2 Å². The van der Waals surface area contributed by atoms with Gasteiger partial charge in [0, 0.05) is 18.1 Å². The van der Waals surface area contributed by atoms with Gasteiger partial charge in [-0.3, -0.25) is 10.1 Å². The van der Waals surface area contributed by atoms with Crippen LogP contribution in [0.5, 0.6) is 0 Å². The van der Waals surface area contributed by atoms with E-state index in [1.807, 2.05) is 0 Å². The van der Waals surface area contributed by atoms with E-state index in [0.29, 0.717) is 29.6 Å². The van der Waals surface area contributed by atoms with Crippen molar-refractivity contribution >= 4 is 22.4 Å². The molecule has 0 aliphatic heterocycles. The van der Waals surface area contributed by atoms with Crippen LogP contribution in [0, 0.1) is 11.6 Å². The van der Waals surface area contributed by atoms with E-state index < -0.39 is 11.6 Å². The van der Waals surface area contributed by atoms with Crippen LogP contribution in [0.3, 0.4) is 0 Å². The Morgan fingerprint density at radius 1 is 1.32 bits per heavy atom. The minimum Gasteiger partial charge on any atom is -0.382 e. The number of ether oxygens (including phenoxy) is 2. The number of thiazole rings is 1. The summed E-state index contributed by atoms with van der Waals surface area (Å²) in [6, 6.07) is 3.52. The van der Waals surface area contributed by atoms with Gasteiger partial charge in [0.15, 0.2) is 16.8 Å². The smallest absolute Gasteiger partial charge is 0.252 e. The predicted molar refractivity (Wildman–Crippen MR) is 78.8 cm³/mol. The predicted octanol–water partition coefficient (Wildman–Crippen LogP) is 2.69. The molecule has 1 N–H and O–H groups in total. The van der Waals surface area contributed by atoms with Crippen LogP contribution in [0.15, 0.2) is 23.6 Å². The van der Waals surface area contributed by atoms with Gasteiger partial charge in [0.05, 0.1) is 18.9 Å². The van der Waals surface area contributed by atoms with E-state index in [9.17, 15) is 13.6 Å². The highest BCUT2D eigenvalue weighted by molar-refractivity contribution is 7.14. The number of carbonyl (C=O) groups is 1. The second kappa shape index (κ2) is 7.92. The summed E-state index contributed by atoms with van der Waals surface area (Å²) in [5.74, 6) is -2.20. The minimum absolute atomic E-state index is 0.108. The maximum atomic E-state index is 13.2. The fraction of sp³-hybridized carbons (Fsp3) is 0.286. The number of methoxy groups -OCH3 is 1. The molecule has 1 heterocycles. The Morgan fingerprint density at radius 2 is 2.14 bits per heavy atom. The summed E-state index contributed by atoms with van der Waals surface area (Å²) in [7, 11) is 1.54. The molecule has 0 aliphatic carbocycles. The third-order valence-corrected chi connectivity index (χ3v) is 3.39. The van der Waals surface area contributed by atoms with Crippen molar-refractivity contribution in [1.29, 1.82) is 0 Å². The Hall–Kier alpha value is -1.90. The van der Waals surface area contributed by atoms with Crippen molar-refractivity contribution < 1.29 is 23.0 Å². The van der Waals surface area contributed by atoms with Gasteiger partial charge in [-0.05, 0) is 18.2 Å². The largest absolute Gasteiger partial charge is 0.382 e. The van der Waals surface area contributed by atoms with Gasteiger partial charge in [-0.15, -0.1) is 11.3 Å². The maximum Gasteiger partial charge on any atom is 0.252 e. The lowest BCUT2D eigenvalue weighted by atomic mass is 10.2. The Balaban J connectivity index is 1.93. The van der Waals surface area contributed by atoms with E-state index in [2.05, 4.69) is 10.3 Å². The molecule has 2 rings (SSSR count). The molecule has 0 spiro atoms. The summed E-state index contributed by atoms with van der Waals surface area (Å²) in [6.45, 7) is 0.621. The molecule has 1 aromatic heterocycles. The van der Waals surface area contributed by atoms with Crippen LogP contribution < -0.4 is 5.32 Å². The number of rotatable bonds is 7. The lowest BCUT2D eigenvalue weighted by Crippen LogP contribution is -2.19. The highest BCUT2D eigenvalue weighted by atomic mass is 32.1. The zero-order valence-corrected chi connectivity index (χ0v) is 12.6. The number of amides is 1. The van der Waals surface area contributed by atoms with Crippen molar-refractivity contribution in [1.82, 2.24) is 4.98 Å². The molecule has 0 saturated carbocycles. The van der Waals surface area contributed by atoms with Crippen LogP contribution in [-0.4, -0.2) is 37.8 Å². The first kappa shape index (κ1) is 16.5. The second-order valence-corrected chi connectivity index (χ2v) is 5.12. The molecule has 0 unspecified atom stereocenters. The van der Waals surface area contributed by atoms with Crippen molar-refractivity contribution in [3.8, 4) is 11.3 Å². The van der Waals surface area contributed by atoms with Crippen molar-refractivity contribution in [2.45, 2.75) is 0 Å². The van der Waals surface area contributed by atoms with Crippen LogP contribution in [0.25, 0.3) is 11.3 Å². The van der Waals surface area contributed by atoms with E-state index in [4.69, 9.17) is 9.47 Å². The highest BCUT2D eigenvalue weighted by Gasteiger charge is 2.10. The first-order valence-electron chi connectivity index (χ1n) is 6.37. The minimum atomic E-state index is -0.942. The van der Waals surface area contributed by atoms with Gasteiger partial charge in [0.2, 0.25) is 0 Å². The van der Waals surface area contributed by atoms with E-state index in [0.717, 1.165) is 12.1 Å². The average molecular weight is 328 g/mol. The number of nitrogens with one attached hydrogen (secondary N) is 1. The molecule has 22 heavy (non-hydrogen) atoms. The van der Waals surface area contributed by atoms with E-state index >= 15 is 0 Å². The molecule has 118 valence electrons. The van der Waals surface area contributed by atoms with Crippen molar-refractivity contribution in [2.24, 2.45) is 0 Å². The van der Waals surface area contributed by atoms with Gasteiger partial charge < -0.3 is 9.47 Å². The molecule has 1 amide bonds. The zero-order chi connectivity index (χ0) is 15.9. The number of hydrogen-bond donors (Lipinski definition) is 1. The second-order valence-electron chi connectivity index (χ2n) is 4.26. The van der Waals surface area contributed by atoms with Gasteiger partial charge >= 0.3 is 0 Å². The summed E-state index contributed by atoms with van der Waals surface area (Å²) in [5, 5.41) is 4.58. The Kier molecular flexibility index (Phi) is 5.93. The molecule has 0 aliphatic rings. The number of hydrogen-bond acceptors (Lipinski definition) is 5. The summed E-state index contributed by atoms with van der Waals surface area (Å²) in [5.41, 5.74) is 0.895. The fourth-order valence-corrected chi connectivity index (χ4v) is 2.32. The third kappa shape index (κ3) is 4.55. The van der Waals surface area contributed by atoms with Crippen LogP contribution >= 0.6 is 11.3 Å². The molecular formula is C14H14F2N2O3S. The van der Waals surface area contributed by atoms with Gasteiger partial charge in [0.25, 0.3) is 5.91 Å².